The maximum absolute atomic E-state index is 14.3. The summed E-state index contributed by atoms with van der Waals surface area (Å²) in [5, 5.41) is 21.5. The van der Waals surface area contributed by atoms with E-state index in [-0.39, 0.29) is 23.9 Å². The van der Waals surface area contributed by atoms with E-state index < -0.39 is 0 Å². The molecule has 51 heavy (non-hydrogen) atoms. The Morgan fingerprint density at radius 2 is 1.10 bits per heavy atom. The van der Waals surface area contributed by atoms with Crippen LogP contribution >= 0.6 is 0 Å². The number of fused-ring (bicyclic) bond motifs is 4. The van der Waals surface area contributed by atoms with Crippen molar-refractivity contribution in [3.63, 3.8) is 0 Å². The minimum atomic E-state index is -0.217. The van der Waals surface area contributed by atoms with E-state index in [1.807, 2.05) is 0 Å². The number of methoxy groups -OCH3 is 2. The van der Waals surface area contributed by atoms with E-state index in [0.717, 1.165) is 63.6 Å². The molecule has 13 nitrogen and oxygen atoms in total. The molecule has 0 spiro atoms. The molecule has 4 rings (SSSR count). The number of hydrogen-bond acceptors (Lipinski definition) is 11. The third-order valence-electron chi connectivity index (χ3n) is 10.4. The van der Waals surface area contributed by atoms with Gasteiger partial charge in [0.25, 0.3) is 11.8 Å². The molecule has 0 aromatic carbocycles. The van der Waals surface area contributed by atoms with Crippen LogP contribution in [0.1, 0.15) is 115 Å². The number of ether oxygens (including phenoxy) is 4. The molecular formula is C38H67N7O6. The van der Waals surface area contributed by atoms with E-state index in [4.69, 9.17) is 23.9 Å². The number of amides is 2. The van der Waals surface area contributed by atoms with Gasteiger partial charge in [-0.1, -0.05) is 45.4 Å². The first-order valence-electron chi connectivity index (χ1n) is 19.7. The maximum Gasteiger partial charge on any atom is 0.253 e. The molecule has 1 aliphatic heterocycles. The van der Waals surface area contributed by atoms with Crippen molar-refractivity contribution in [2.24, 2.45) is 0 Å². The highest BCUT2D eigenvalue weighted by molar-refractivity contribution is 6.03. The zero-order valence-electron chi connectivity index (χ0n) is 31.7. The van der Waals surface area contributed by atoms with Crippen molar-refractivity contribution in [3.05, 3.63) is 28.1 Å². The fourth-order valence-electron chi connectivity index (χ4n) is 7.69. The number of hydrogen-bond donors (Lipinski definition) is 6. The Morgan fingerprint density at radius 1 is 0.647 bits per heavy atom. The van der Waals surface area contributed by atoms with Gasteiger partial charge in [0.2, 0.25) is 0 Å². The number of carbonyl (C=O) groups is 2. The lowest BCUT2D eigenvalue weighted by Gasteiger charge is -2.34. The number of nitrogens with one attached hydrogen (secondary N) is 6. The Hall–Kier alpha value is -2.23. The lowest BCUT2D eigenvalue weighted by molar-refractivity contribution is 0.0691. The number of rotatable bonds is 18. The van der Waals surface area contributed by atoms with Gasteiger partial charge < -0.3 is 50.8 Å². The second-order valence-corrected chi connectivity index (χ2v) is 14.1. The molecule has 290 valence electrons. The number of nitrogens with zero attached hydrogens (tertiary/aromatic N) is 1. The van der Waals surface area contributed by atoms with Crippen LogP contribution in [-0.2, 0) is 38.5 Å². The standard InChI is InChI=1S/C38H67N7O6/c1-4-5-6-11-28-35(37(46)41-18-20-50-24-22-48-2)33-26-43-31-14-9-7-12-29(31)39-16-17-40-30-13-8-10-15-32(30)44-27-34(45-33)36(28)38(47)42-19-21-51-25-23-49-3/h29-32,39-40,43-44H,4-27H2,1-3H3,(H,41,46)(H,42,47)/t29-,30-,31-,32-/m1/s1. The first-order valence-corrected chi connectivity index (χ1v) is 19.7. The fraction of sp³-hybridized carbons (Fsp3) is 0.816. The number of pyridine rings is 1. The molecule has 0 radical (unpaired) electrons. The van der Waals surface area contributed by atoms with Crippen LogP contribution < -0.4 is 31.9 Å². The molecule has 2 heterocycles. The maximum atomic E-state index is 14.3. The summed E-state index contributed by atoms with van der Waals surface area (Å²) in [6.07, 6.45) is 12.7. The molecule has 2 fully saturated rings. The predicted octanol–water partition coefficient (Wildman–Crippen LogP) is 2.59. The zero-order valence-corrected chi connectivity index (χ0v) is 31.7. The lowest BCUT2D eigenvalue weighted by atomic mass is 9.89. The zero-order chi connectivity index (χ0) is 36.1. The van der Waals surface area contributed by atoms with Crippen molar-refractivity contribution in [3.8, 4) is 0 Å². The van der Waals surface area contributed by atoms with E-state index in [9.17, 15) is 9.59 Å². The molecule has 3 aliphatic rings. The molecule has 13 heteroatoms. The Kier molecular flexibility index (Phi) is 19.7. The molecule has 1 aromatic rings. The molecule has 2 bridgehead atoms. The molecular weight excluding hydrogens is 650 g/mol. The summed E-state index contributed by atoms with van der Waals surface area (Å²) in [6, 6.07) is 1.24. The van der Waals surface area contributed by atoms with Crippen LogP contribution in [0.25, 0.3) is 0 Å². The van der Waals surface area contributed by atoms with E-state index in [0.29, 0.717) is 107 Å². The van der Waals surface area contributed by atoms with Gasteiger partial charge in [0.05, 0.1) is 62.2 Å². The molecule has 2 saturated carbocycles. The van der Waals surface area contributed by atoms with Crippen molar-refractivity contribution in [2.45, 2.75) is 121 Å². The molecule has 6 N–H and O–H groups in total. The lowest BCUT2D eigenvalue weighted by Crippen LogP contribution is -2.53. The van der Waals surface area contributed by atoms with Gasteiger partial charge in [0, 0.05) is 77.7 Å². The van der Waals surface area contributed by atoms with Gasteiger partial charge in [-0.3, -0.25) is 14.6 Å². The summed E-state index contributed by atoms with van der Waals surface area (Å²) >= 11 is 0. The van der Waals surface area contributed by atoms with Gasteiger partial charge >= 0.3 is 0 Å². The summed E-state index contributed by atoms with van der Waals surface area (Å²) in [7, 11) is 3.28. The molecule has 4 atom stereocenters. The monoisotopic (exact) mass is 718 g/mol. The minimum Gasteiger partial charge on any atom is -0.382 e. The molecule has 2 aliphatic carbocycles. The largest absolute Gasteiger partial charge is 0.382 e. The molecule has 0 saturated heterocycles. The molecule has 1 aromatic heterocycles. The van der Waals surface area contributed by atoms with Gasteiger partial charge in [-0.2, -0.15) is 0 Å². The highest BCUT2D eigenvalue weighted by Crippen LogP contribution is 2.27. The first kappa shape index (κ1) is 41.5. The summed E-state index contributed by atoms with van der Waals surface area (Å²) < 4.78 is 21.5. The van der Waals surface area contributed by atoms with Crippen LogP contribution in [0.3, 0.4) is 0 Å². The quantitative estimate of drug-likeness (QED) is 0.124. The second kappa shape index (κ2) is 24.2. The fourth-order valence-corrected chi connectivity index (χ4v) is 7.69. The van der Waals surface area contributed by atoms with E-state index >= 15 is 0 Å². The smallest absolute Gasteiger partial charge is 0.253 e. The Morgan fingerprint density at radius 3 is 1.53 bits per heavy atom. The topological polar surface area (TPSA) is 156 Å². The van der Waals surface area contributed by atoms with Crippen LogP contribution in [-0.4, -0.2) is 121 Å². The van der Waals surface area contributed by atoms with Crippen LogP contribution in [0, 0.1) is 0 Å². The average Bonchev–Trinajstić information content (AvgIpc) is 3.15. The third-order valence-corrected chi connectivity index (χ3v) is 10.4. The number of unbranched alkanes of at least 4 members (excludes halogenated alkanes) is 2. The van der Waals surface area contributed by atoms with E-state index in [1.165, 1.54) is 25.7 Å². The first-order chi connectivity index (χ1) is 25.1. The molecule has 2 amide bonds. The highest BCUT2D eigenvalue weighted by Gasteiger charge is 2.31. The van der Waals surface area contributed by atoms with Crippen LogP contribution in [0.15, 0.2) is 0 Å². The van der Waals surface area contributed by atoms with Gasteiger partial charge in [-0.05, 0) is 44.1 Å². The summed E-state index contributed by atoms with van der Waals surface area (Å²) in [5.74, 6) is -0.434. The van der Waals surface area contributed by atoms with Crippen molar-refractivity contribution < 1.29 is 28.5 Å². The average molecular weight is 718 g/mol. The summed E-state index contributed by atoms with van der Waals surface area (Å²) in [4.78, 5) is 33.8. The third kappa shape index (κ3) is 13.6. The van der Waals surface area contributed by atoms with Crippen molar-refractivity contribution >= 4 is 11.8 Å². The van der Waals surface area contributed by atoms with Crippen molar-refractivity contribution in [2.75, 3.05) is 80.0 Å². The second-order valence-electron chi connectivity index (χ2n) is 14.1. The van der Waals surface area contributed by atoms with Gasteiger partial charge in [-0.25, -0.2) is 0 Å². The van der Waals surface area contributed by atoms with Crippen LogP contribution in [0.5, 0.6) is 0 Å². The Labute approximate surface area is 306 Å². The number of carbonyl (C=O) groups excluding carboxylic acids is 2. The van der Waals surface area contributed by atoms with E-state index in [1.54, 1.807) is 14.2 Å². The van der Waals surface area contributed by atoms with Gasteiger partial charge in [0.15, 0.2) is 0 Å². The Bertz CT molecular complexity index is 1090. The summed E-state index contributed by atoms with van der Waals surface area (Å²) in [5.41, 5.74) is 3.22. The minimum absolute atomic E-state index is 0.217. The van der Waals surface area contributed by atoms with E-state index in [2.05, 4.69) is 38.8 Å². The van der Waals surface area contributed by atoms with Gasteiger partial charge in [-0.15, -0.1) is 0 Å². The van der Waals surface area contributed by atoms with Crippen LogP contribution in [0.4, 0.5) is 0 Å². The van der Waals surface area contributed by atoms with Gasteiger partial charge in [0.1, 0.15) is 0 Å². The number of aromatic nitrogens is 1. The van der Waals surface area contributed by atoms with Crippen molar-refractivity contribution in [1.29, 1.82) is 0 Å². The summed E-state index contributed by atoms with van der Waals surface area (Å²) in [6.45, 7) is 8.23. The van der Waals surface area contributed by atoms with Crippen molar-refractivity contribution in [1.82, 2.24) is 36.9 Å². The molecule has 0 unspecified atom stereocenters. The SMILES string of the molecule is CCCCCc1c(C(=O)NCCOCCOC)c2nc(c1C(=O)NCCOCCOC)CN[C@@H]1CCCC[C@H]1NCCN[C@@H]1CCCC[C@H]1NC2. The highest BCUT2D eigenvalue weighted by atomic mass is 16.5. The van der Waals surface area contributed by atoms with Crippen LogP contribution in [0.2, 0.25) is 0 Å². The normalized spacial score (nSPS) is 23.0. The predicted molar refractivity (Wildman–Crippen MR) is 199 cm³/mol. The Balaban J connectivity index is 1.74.